The van der Waals surface area contributed by atoms with E-state index in [-0.39, 0.29) is 11.9 Å². The Labute approximate surface area is 162 Å². The molecular formula is C20H21N5OS. The first-order chi connectivity index (χ1) is 13.3. The van der Waals surface area contributed by atoms with Crippen LogP contribution in [-0.2, 0) is 11.2 Å². The predicted molar refractivity (Wildman–Crippen MR) is 107 cm³/mol. The van der Waals surface area contributed by atoms with Gasteiger partial charge in [0, 0.05) is 42.5 Å². The van der Waals surface area contributed by atoms with Gasteiger partial charge in [0.25, 0.3) is 0 Å². The molecule has 1 aliphatic rings. The summed E-state index contributed by atoms with van der Waals surface area (Å²) in [6.07, 6.45) is 5.79. The zero-order chi connectivity index (χ0) is 18.5. The van der Waals surface area contributed by atoms with Crippen LogP contribution in [-0.4, -0.2) is 40.0 Å². The van der Waals surface area contributed by atoms with Gasteiger partial charge in [-0.3, -0.25) is 4.79 Å². The Morgan fingerprint density at radius 3 is 2.81 bits per heavy atom. The van der Waals surface area contributed by atoms with Gasteiger partial charge in [0.2, 0.25) is 11.9 Å². The predicted octanol–water partition coefficient (Wildman–Crippen LogP) is 2.93. The Morgan fingerprint density at radius 1 is 1.19 bits per heavy atom. The van der Waals surface area contributed by atoms with E-state index in [1.54, 1.807) is 23.7 Å². The van der Waals surface area contributed by atoms with Crippen molar-refractivity contribution in [1.82, 2.24) is 20.3 Å². The number of hydrogen-bond donors (Lipinski definition) is 1. The highest BCUT2D eigenvalue weighted by Gasteiger charge is 2.23. The van der Waals surface area contributed by atoms with Gasteiger partial charge in [-0.05, 0) is 18.9 Å². The first kappa shape index (κ1) is 17.6. The minimum absolute atomic E-state index is 0.0146. The number of carbonyl (C=O) groups excluding carboxylic acids is 1. The lowest BCUT2D eigenvalue weighted by molar-refractivity contribution is -0.121. The van der Waals surface area contributed by atoms with E-state index in [0.717, 1.165) is 48.1 Å². The fourth-order valence-electron chi connectivity index (χ4n) is 3.28. The second-order valence-electron chi connectivity index (χ2n) is 6.59. The van der Waals surface area contributed by atoms with Crippen LogP contribution in [0.3, 0.4) is 0 Å². The second-order valence-corrected chi connectivity index (χ2v) is 7.45. The molecule has 4 rings (SSSR count). The maximum absolute atomic E-state index is 12.5. The van der Waals surface area contributed by atoms with Crippen molar-refractivity contribution in [3.8, 4) is 10.6 Å². The maximum Gasteiger partial charge on any atom is 0.226 e. The lowest BCUT2D eigenvalue weighted by atomic mass is 10.1. The Hall–Kier alpha value is -2.80. The number of benzene rings is 1. The van der Waals surface area contributed by atoms with E-state index >= 15 is 0 Å². The number of nitrogens with one attached hydrogen (secondary N) is 1. The molecular weight excluding hydrogens is 358 g/mol. The van der Waals surface area contributed by atoms with Crippen LogP contribution in [0.4, 0.5) is 5.95 Å². The van der Waals surface area contributed by atoms with E-state index in [9.17, 15) is 4.79 Å². The smallest absolute Gasteiger partial charge is 0.226 e. The molecule has 1 aliphatic heterocycles. The molecule has 1 unspecified atom stereocenters. The van der Waals surface area contributed by atoms with E-state index in [1.165, 1.54) is 0 Å². The zero-order valence-corrected chi connectivity index (χ0v) is 15.7. The molecule has 0 saturated carbocycles. The highest BCUT2D eigenvalue weighted by atomic mass is 32.1. The van der Waals surface area contributed by atoms with Crippen molar-refractivity contribution < 1.29 is 4.79 Å². The van der Waals surface area contributed by atoms with E-state index < -0.39 is 0 Å². The highest BCUT2D eigenvalue weighted by Crippen LogP contribution is 2.23. The summed E-state index contributed by atoms with van der Waals surface area (Å²) in [5.41, 5.74) is 1.90. The normalized spacial score (nSPS) is 16.9. The lowest BCUT2D eigenvalue weighted by Crippen LogP contribution is -2.48. The van der Waals surface area contributed by atoms with Crippen LogP contribution in [0, 0.1) is 0 Å². The molecule has 0 bridgehead atoms. The van der Waals surface area contributed by atoms with Crippen molar-refractivity contribution in [1.29, 1.82) is 0 Å². The van der Waals surface area contributed by atoms with Gasteiger partial charge in [-0.1, -0.05) is 30.3 Å². The Morgan fingerprint density at radius 2 is 2.00 bits per heavy atom. The van der Waals surface area contributed by atoms with Crippen LogP contribution in [0.2, 0.25) is 0 Å². The summed E-state index contributed by atoms with van der Waals surface area (Å²) in [5, 5.41) is 6.06. The van der Waals surface area contributed by atoms with Gasteiger partial charge in [0.05, 0.1) is 12.1 Å². The van der Waals surface area contributed by atoms with Gasteiger partial charge >= 0.3 is 0 Å². The molecule has 138 valence electrons. The molecule has 1 N–H and O–H groups in total. The lowest BCUT2D eigenvalue weighted by Gasteiger charge is -2.33. The molecule has 1 atom stereocenters. The number of amides is 1. The second kappa shape index (κ2) is 8.26. The van der Waals surface area contributed by atoms with Crippen LogP contribution < -0.4 is 10.2 Å². The summed E-state index contributed by atoms with van der Waals surface area (Å²) in [7, 11) is 0. The fraction of sp³-hybridized carbons (Fsp3) is 0.300. The zero-order valence-electron chi connectivity index (χ0n) is 14.9. The van der Waals surface area contributed by atoms with Gasteiger partial charge < -0.3 is 10.2 Å². The van der Waals surface area contributed by atoms with Crippen molar-refractivity contribution in [3.63, 3.8) is 0 Å². The number of carbonyl (C=O) groups is 1. The van der Waals surface area contributed by atoms with Gasteiger partial charge in [-0.2, -0.15) is 0 Å². The van der Waals surface area contributed by atoms with Gasteiger partial charge in [0.1, 0.15) is 5.01 Å². The maximum atomic E-state index is 12.5. The summed E-state index contributed by atoms with van der Waals surface area (Å²) in [4.78, 5) is 27.8. The average molecular weight is 379 g/mol. The summed E-state index contributed by atoms with van der Waals surface area (Å²) in [6, 6.07) is 12.0. The van der Waals surface area contributed by atoms with Crippen LogP contribution in [0.1, 0.15) is 18.5 Å². The number of rotatable bonds is 5. The minimum atomic E-state index is 0.0146. The van der Waals surface area contributed by atoms with Crippen molar-refractivity contribution >= 4 is 23.2 Å². The Bertz CT molecular complexity index is 884. The van der Waals surface area contributed by atoms with E-state index in [0.29, 0.717) is 6.42 Å². The number of thiazole rings is 1. The summed E-state index contributed by atoms with van der Waals surface area (Å²) in [5.74, 6) is 0.740. The van der Waals surface area contributed by atoms with E-state index in [2.05, 4.69) is 25.2 Å². The average Bonchev–Trinajstić information content (AvgIpc) is 3.18. The molecule has 1 fully saturated rings. The first-order valence-electron chi connectivity index (χ1n) is 9.09. The molecule has 1 aromatic carbocycles. The molecule has 7 heteroatoms. The number of piperidine rings is 1. The molecule has 1 saturated heterocycles. The minimum Gasteiger partial charge on any atom is -0.351 e. The molecule has 27 heavy (non-hydrogen) atoms. The van der Waals surface area contributed by atoms with Crippen LogP contribution in [0.5, 0.6) is 0 Å². The Balaban J connectivity index is 1.33. The van der Waals surface area contributed by atoms with Gasteiger partial charge in [-0.15, -0.1) is 11.3 Å². The van der Waals surface area contributed by atoms with Gasteiger partial charge in [-0.25, -0.2) is 15.0 Å². The van der Waals surface area contributed by atoms with Crippen molar-refractivity contribution in [2.45, 2.75) is 25.3 Å². The molecule has 0 radical (unpaired) electrons. The Kier molecular flexibility index (Phi) is 5.39. The standard InChI is InChI=1S/C20H21N5OS/c26-18(12-17-14-27-19(24-17)15-6-2-1-3-7-15)23-16-8-4-11-25(13-16)20-21-9-5-10-22-20/h1-3,5-7,9-10,14,16H,4,8,11-13H2,(H,23,26). The first-order valence-corrected chi connectivity index (χ1v) is 9.97. The number of anilines is 1. The summed E-state index contributed by atoms with van der Waals surface area (Å²) in [6.45, 7) is 1.66. The quantitative estimate of drug-likeness (QED) is 0.738. The highest BCUT2D eigenvalue weighted by molar-refractivity contribution is 7.13. The van der Waals surface area contributed by atoms with Crippen LogP contribution in [0.15, 0.2) is 54.2 Å². The third-order valence-corrected chi connectivity index (χ3v) is 5.48. The van der Waals surface area contributed by atoms with Crippen molar-refractivity contribution in [2.75, 3.05) is 18.0 Å². The molecule has 1 amide bonds. The summed E-state index contributed by atoms with van der Waals surface area (Å²) >= 11 is 1.57. The molecule has 0 aliphatic carbocycles. The largest absolute Gasteiger partial charge is 0.351 e. The topological polar surface area (TPSA) is 71.0 Å². The third-order valence-electron chi connectivity index (χ3n) is 4.54. The summed E-state index contributed by atoms with van der Waals surface area (Å²) < 4.78 is 0. The van der Waals surface area contributed by atoms with E-state index in [1.807, 2.05) is 41.8 Å². The third kappa shape index (κ3) is 4.49. The molecule has 3 heterocycles. The SMILES string of the molecule is O=C(Cc1csc(-c2ccccc2)n1)NC1CCCN(c2ncccn2)C1. The number of nitrogens with zero attached hydrogens (tertiary/aromatic N) is 4. The molecule has 2 aromatic heterocycles. The monoisotopic (exact) mass is 379 g/mol. The molecule has 0 spiro atoms. The molecule has 6 nitrogen and oxygen atoms in total. The van der Waals surface area contributed by atoms with Crippen LogP contribution >= 0.6 is 11.3 Å². The van der Waals surface area contributed by atoms with Crippen LogP contribution in [0.25, 0.3) is 10.6 Å². The van der Waals surface area contributed by atoms with Gasteiger partial charge in [0.15, 0.2) is 0 Å². The van der Waals surface area contributed by atoms with Crippen molar-refractivity contribution in [2.24, 2.45) is 0 Å². The van der Waals surface area contributed by atoms with E-state index in [4.69, 9.17) is 0 Å². The molecule has 3 aromatic rings. The number of hydrogen-bond acceptors (Lipinski definition) is 6. The number of aromatic nitrogens is 3. The fourth-order valence-corrected chi connectivity index (χ4v) is 4.10. The van der Waals surface area contributed by atoms with Crippen molar-refractivity contribution in [3.05, 3.63) is 59.9 Å².